The van der Waals surface area contributed by atoms with Crippen molar-refractivity contribution in [3.8, 4) is 22.7 Å². The molecule has 3 aromatic carbocycles. The summed E-state index contributed by atoms with van der Waals surface area (Å²) in [6.07, 6.45) is 2.78. The Balaban J connectivity index is 1.50. The topological polar surface area (TPSA) is 68.5 Å². The first-order valence-electron chi connectivity index (χ1n) is 10.1. The van der Waals surface area contributed by atoms with Crippen LogP contribution in [0.3, 0.4) is 0 Å². The average molecular weight is 489 g/mol. The monoisotopic (exact) mass is 488 g/mol. The molecule has 6 nitrogen and oxygen atoms in total. The van der Waals surface area contributed by atoms with E-state index in [1.165, 1.54) is 0 Å². The Labute approximate surface area is 194 Å². The molecule has 1 aromatic heterocycles. The molecule has 1 heterocycles. The van der Waals surface area contributed by atoms with Gasteiger partial charge in [-0.25, -0.2) is 10.1 Å². The van der Waals surface area contributed by atoms with Gasteiger partial charge in [-0.3, -0.25) is 4.79 Å². The number of para-hydroxylation sites is 1. The van der Waals surface area contributed by atoms with Crippen LogP contribution < -0.4 is 10.2 Å². The fraction of sp³-hybridized carbons (Fsp3) is 0.0800. The van der Waals surface area contributed by atoms with Crippen molar-refractivity contribution < 1.29 is 9.53 Å². The highest BCUT2D eigenvalue weighted by Crippen LogP contribution is 2.22. The molecule has 4 aromatic rings. The fourth-order valence-electron chi connectivity index (χ4n) is 3.04. The Morgan fingerprint density at radius 2 is 1.69 bits per heavy atom. The highest BCUT2D eigenvalue weighted by Gasteiger charge is 2.15. The van der Waals surface area contributed by atoms with Crippen LogP contribution in [0.15, 0.2) is 101 Å². The Morgan fingerprint density at radius 3 is 2.38 bits per heavy atom. The molecule has 0 aliphatic rings. The number of rotatable bonds is 7. The number of nitrogens with one attached hydrogen (secondary N) is 1. The number of hydrogen-bond acceptors (Lipinski definition) is 4. The standard InChI is InChI=1S/C25H21BrN4O2/c1-18(32-23-14-12-21(26)13-15-23)25(31)28-27-16-20-17-30(22-10-6-3-7-11-22)29-24(20)19-8-4-2-5-9-19/h2-18H,1H3,(H,28,31)/b27-16-/t18-/m1/s1. The van der Waals surface area contributed by atoms with Crippen molar-refractivity contribution in [3.05, 3.63) is 101 Å². The molecule has 0 bridgehead atoms. The van der Waals surface area contributed by atoms with Gasteiger partial charge in [0.2, 0.25) is 0 Å². The van der Waals surface area contributed by atoms with Gasteiger partial charge in [0.05, 0.1) is 11.9 Å². The zero-order valence-corrected chi connectivity index (χ0v) is 18.9. The van der Waals surface area contributed by atoms with Gasteiger partial charge in [0.15, 0.2) is 6.10 Å². The quantitative estimate of drug-likeness (QED) is 0.286. The van der Waals surface area contributed by atoms with Crippen molar-refractivity contribution in [3.63, 3.8) is 0 Å². The second-order valence-corrected chi connectivity index (χ2v) is 7.94. The number of carbonyl (C=O) groups excluding carboxylic acids is 1. The number of aromatic nitrogens is 2. The summed E-state index contributed by atoms with van der Waals surface area (Å²) in [7, 11) is 0. The molecule has 1 N–H and O–H groups in total. The second-order valence-electron chi connectivity index (χ2n) is 7.03. The Morgan fingerprint density at radius 1 is 1.03 bits per heavy atom. The molecule has 0 saturated carbocycles. The second kappa shape index (κ2) is 10.1. The first-order chi connectivity index (χ1) is 15.6. The van der Waals surface area contributed by atoms with Gasteiger partial charge in [-0.1, -0.05) is 64.5 Å². The molecule has 0 fully saturated rings. The molecule has 0 spiro atoms. The van der Waals surface area contributed by atoms with Crippen LogP contribution in [-0.2, 0) is 4.79 Å². The van der Waals surface area contributed by atoms with Crippen LogP contribution in [-0.4, -0.2) is 28.0 Å². The summed E-state index contributed by atoms with van der Waals surface area (Å²) in [5.41, 5.74) is 5.99. The van der Waals surface area contributed by atoms with Gasteiger partial charge < -0.3 is 4.74 Å². The van der Waals surface area contributed by atoms with E-state index in [-0.39, 0.29) is 5.91 Å². The summed E-state index contributed by atoms with van der Waals surface area (Å²) in [6.45, 7) is 1.68. The zero-order valence-electron chi connectivity index (χ0n) is 17.4. The highest BCUT2D eigenvalue weighted by molar-refractivity contribution is 9.10. The van der Waals surface area contributed by atoms with Crippen molar-refractivity contribution in [1.29, 1.82) is 0 Å². The number of amides is 1. The third-order valence-corrected chi connectivity index (χ3v) is 5.21. The lowest BCUT2D eigenvalue weighted by Gasteiger charge is -2.12. The third-order valence-electron chi connectivity index (χ3n) is 4.68. The predicted octanol–water partition coefficient (Wildman–Crippen LogP) is 5.22. The number of benzene rings is 3. The maximum atomic E-state index is 12.4. The molecule has 1 atom stereocenters. The molecule has 0 aliphatic carbocycles. The van der Waals surface area contributed by atoms with Crippen LogP contribution in [0.4, 0.5) is 0 Å². The summed E-state index contributed by atoms with van der Waals surface area (Å²) in [6, 6.07) is 27.0. The minimum absolute atomic E-state index is 0.346. The number of hydrogen-bond donors (Lipinski definition) is 1. The first-order valence-corrected chi connectivity index (χ1v) is 10.8. The van der Waals surface area contributed by atoms with Crippen LogP contribution >= 0.6 is 15.9 Å². The lowest BCUT2D eigenvalue weighted by Crippen LogP contribution is -2.33. The summed E-state index contributed by atoms with van der Waals surface area (Å²) in [5, 5.41) is 8.88. The van der Waals surface area contributed by atoms with E-state index in [0.29, 0.717) is 5.75 Å². The number of hydrazone groups is 1. The van der Waals surface area contributed by atoms with E-state index in [4.69, 9.17) is 9.84 Å². The SMILES string of the molecule is C[C@@H](Oc1ccc(Br)cc1)C(=O)N/N=C\c1cn(-c2ccccc2)nc1-c1ccccc1. The molecule has 0 saturated heterocycles. The number of ether oxygens (including phenoxy) is 1. The molecular formula is C25H21BrN4O2. The van der Waals surface area contributed by atoms with E-state index < -0.39 is 6.10 Å². The van der Waals surface area contributed by atoms with Crippen molar-refractivity contribution in [2.75, 3.05) is 0 Å². The van der Waals surface area contributed by atoms with Gasteiger partial charge in [-0.05, 0) is 43.3 Å². The normalized spacial score (nSPS) is 11.9. The fourth-order valence-corrected chi connectivity index (χ4v) is 3.31. The zero-order chi connectivity index (χ0) is 22.3. The summed E-state index contributed by atoms with van der Waals surface area (Å²) in [4.78, 5) is 12.4. The molecule has 0 unspecified atom stereocenters. The third kappa shape index (κ3) is 5.31. The van der Waals surface area contributed by atoms with Crippen molar-refractivity contribution >= 4 is 28.1 Å². The van der Waals surface area contributed by atoms with Gasteiger partial charge in [-0.2, -0.15) is 10.2 Å². The maximum Gasteiger partial charge on any atom is 0.280 e. The van der Waals surface area contributed by atoms with Gasteiger partial charge in [0.1, 0.15) is 11.4 Å². The molecule has 0 aliphatic heterocycles. The van der Waals surface area contributed by atoms with E-state index in [1.54, 1.807) is 30.0 Å². The molecule has 0 radical (unpaired) electrons. The van der Waals surface area contributed by atoms with Crippen molar-refractivity contribution in [1.82, 2.24) is 15.2 Å². The number of carbonyl (C=O) groups is 1. The van der Waals surface area contributed by atoms with E-state index in [0.717, 1.165) is 27.0 Å². The Bertz CT molecular complexity index is 1210. The lowest BCUT2D eigenvalue weighted by molar-refractivity contribution is -0.127. The lowest BCUT2D eigenvalue weighted by atomic mass is 10.1. The molecule has 1 amide bonds. The smallest absolute Gasteiger partial charge is 0.280 e. The molecular weight excluding hydrogens is 468 g/mol. The number of halogens is 1. The molecule has 32 heavy (non-hydrogen) atoms. The molecule has 4 rings (SSSR count). The minimum Gasteiger partial charge on any atom is -0.481 e. The van der Waals surface area contributed by atoms with Crippen LogP contribution in [0.1, 0.15) is 12.5 Å². The summed E-state index contributed by atoms with van der Waals surface area (Å²) in [5.74, 6) is 0.260. The van der Waals surface area contributed by atoms with Crippen LogP contribution in [0.2, 0.25) is 0 Å². The van der Waals surface area contributed by atoms with E-state index in [9.17, 15) is 4.79 Å². The van der Waals surface area contributed by atoms with Crippen molar-refractivity contribution in [2.45, 2.75) is 13.0 Å². The van der Waals surface area contributed by atoms with E-state index >= 15 is 0 Å². The van der Waals surface area contributed by atoms with Gasteiger partial charge in [-0.15, -0.1) is 0 Å². The van der Waals surface area contributed by atoms with Crippen molar-refractivity contribution in [2.24, 2.45) is 5.10 Å². The number of nitrogens with zero attached hydrogens (tertiary/aromatic N) is 3. The van der Waals surface area contributed by atoms with Crippen LogP contribution in [0, 0.1) is 0 Å². The average Bonchev–Trinajstić information content (AvgIpc) is 3.26. The van der Waals surface area contributed by atoms with Crippen LogP contribution in [0.5, 0.6) is 5.75 Å². The highest BCUT2D eigenvalue weighted by atomic mass is 79.9. The van der Waals surface area contributed by atoms with Crippen LogP contribution in [0.25, 0.3) is 16.9 Å². The minimum atomic E-state index is -0.700. The summed E-state index contributed by atoms with van der Waals surface area (Å²) < 4.78 is 8.40. The van der Waals surface area contributed by atoms with Gasteiger partial charge in [0.25, 0.3) is 5.91 Å². The predicted molar refractivity (Wildman–Crippen MR) is 129 cm³/mol. The van der Waals surface area contributed by atoms with E-state index in [2.05, 4.69) is 26.5 Å². The van der Waals surface area contributed by atoms with E-state index in [1.807, 2.05) is 79.0 Å². The largest absolute Gasteiger partial charge is 0.481 e. The summed E-state index contributed by atoms with van der Waals surface area (Å²) >= 11 is 3.38. The molecule has 7 heteroatoms. The van der Waals surface area contributed by atoms with Gasteiger partial charge >= 0.3 is 0 Å². The van der Waals surface area contributed by atoms with Gasteiger partial charge in [0, 0.05) is 21.8 Å². The maximum absolute atomic E-state index is 12.4. The Kier molecular flexibility index (Phi) is 6.77. The first kappa shape index (κ1) is 21.5. The Hall–Kier alpha value is -3.71. The molecule has 160 valence electrons.